The van der Waals surface area contributed by atoms with Crippen LogP contribution in [-0.4, -0.2) is 36.1 Å². The lowest BCUT2D eigenvalue weighted by molar-refractivity contribution is -0.897. The van der Waals surface area contributed by atoms with E-state index < -0.39 is 5.54 Å². The smallest absolute Gasteiger partial charge is 0.276 e. The predicted molar refractivity (Wildman–Crippen MR) is 102 cm³/mol. The van der Waals surface area contributed by atoms with E-state index in [2.05, 4.69) is 29.6 Å². The summed E-state index contributed by atoms with van der Waals surface area (Å²) in [4.78, 5) is 18.5. The van der Waals surface area contributed by atoms with Gasteiger partial charge in [0.25, 0.3) is 5.91 Å². The van der Waals surface area contributed by atoms with E-state index in [1.807, 2.05) is 13.0 Å². The van der Waals surface area contributed by atoms with Crippen LogP contribution in [0.15, 0.2) is 24.3 Å². The van der Waals surface area contributed by atoms with Crippen molar-refractivity contribution in [3.63, 3.8) is 0 Å². The first kappa shape index (κ1) is 17.4. The van der Waals surface area contributed by atoms with Gasteiger partial charge in [-0.3, -0.25) is 4.79 Å². The quantitative estimate of drug-likeness (QED) is 0.845. The van der Waals surface area contributed by atoms with Gasteiger partial charge in [-0.1, -0.05) is 12.1 Å². The molecule has 136 valence electrons. The number of piperidine rings is 1. The Bertz CT molecular complexity index is 812. The summed E-state index contributed by atoms with van der Waals surface area (Å²) in [5.41, 5.74) is 0.410. The monoisotopic (exact) mass is 369 g/mol. The molecule has 0 bridgehead atoms. The third kappa shape index (κ3) is 3.60. The zero-order chi connectivity index (χ0) is 18.1. The summed E-state index contributed by atoms with van der Waals surface area (Å²) < 4.78 is 1.26. The average molecular weight is 370 g/mol. The van der Waals surface area contributed by atoms with Crippen molar-refractivity contribution in [3.8, 4) is 6.07 Å². The highest BCUT2D eigenvalue weighted by atomic mass is 32.1. The van der Waals surface area contributed by atoms with Gasteiger partial charge in [0.2, 0.25) is 0 Å². The lowest BCUT2D eigenvalue weighted by Crippen LogP contribution is -3.14. The van der Waals surface area contributed by atoms with Gasteiger partial charge in [-0.2, -0.15) is 5.26 Å². The number of aromatic nitrogens is 1. The molecule has 0 radical (unpaired) electrons. The van der Waals surface area contributed by atoms with Crippen LogP contribution in [0.1, 0.15) is 43.5 Å². The van der Waals surface area contributed by atoms with Crippen molar-refractivity contribution in [2.75, 3.05) is 19.6 Å². The Kier molecular flexibility index (Phi) is 4.68. The van der Waals surface area contributed by atoms with Crippen molar-refractivity contribution in [1.29, 1.82) is 5.26 Å². The summed E-state index contributed by atoms with van der Waals surface area (Å²) >= 11 is 1.80. The molecule has 2 fully saturated rings. The fourth-order valence-electron chi connectivity index (χ4n) is 3.96. The third-order valence-corrected chi connectivity index (χ3v) is 6.99. The fourth-order valence-corrected chi connectivity index (χ4v) is 5.09. The number of nitriles is 1. The van der Waals surface area contributed by atoms with Crippen molar-refractivity contribution in [2.45, 2.75) is 44.1 Å². The Morgan fingerprint density at radius 2 is 2.08 bits per heavy atom. The molecule has 2 heterocycles. The summed E-state index contributed by atoms with van der Waals surface area (Å²) in [6, 6.07) is 10.6. The summed E-state index contributed by atoms with van der Waals surface area (Å²) in [6.45, 7) is 4.30. The van der Waals surface area contributed by atoms with Gasteiger partial charge < -0.3 is 10.2 Å². The first-order valence-electron chi connectivity index (χ1n) is 9.49. The molecule has 5 nitrogen and oxygen atoms in total. The normalized spacial score (nSPS) is 25.4. The second-order valence-electron chi connectivity index (χ2n) is 7.86. The molecule has 2 aliphatic rings. The number of carbonyl (C=O) groups excluding carboxylic acids is 1. The van der Waals surface area contributed by atoms with Crippen molar-refractivity contribution in [3.05, 3.63) is 29.3 Å². The number of quaternary nitrogens is 1. The van der Waals surface area contributed by atoms with Gasteiger partial charge >= 0.3 is 0 Å². The van der Waals surface area contributed by atoms with E-state index in [1.165, 1.54) is 14.6 Å². The van der Waals surface area contributed by atoms with Crippen LogP contribution in [0.3, 0.4) is 0 Å². The van der Waals surface area contributed by atoms with Crippen LogP contribution in [0.2, 0.25) is 0 Å². The van der Waals surface area contributed by atoms with Crippen LogP contribution in [0, 0.1) is 17.2 Å². The van der Waals surface area contributed by atoms with Crippen LogP contribution in [-0.2, 0) is 4.79 Å². The van der Waals surface area contributed by atoms with E-state index in [-0.39, 0.29) is 5.91 Å². The van der Waals surface area contributed by atoms with Crippen molar-refractivity contribution in [2.24, 2.45) is 5.92 Å². The van der Waals surface area contributed by atoms with Gasteiger partial charge in [-0.25, -0.2) is 4.98 Å². The first-order valence-corrected chi connectivity index (χ1v) is 10.3. The third-order valence-electron chi connectivity index (χ3n) is 5.79. The highest BCUT2D eigenvalue weighted by Crippen LogP contribution is 2.39. The molecule has 1 amide bonds. The van der Waals surface area contributed by atoms with Crippen molar-refractivity contribution >= 4 is 27.5 Å². The molecule has 26 heavy (non-hydrogen) atoms. The van der Waals surface area contributed by atoms with E-state index >= 15 is 0 Å². The number of thiazole rings is 1. The van der Waals surface area contributed by atoms with Crippen LogP contribution in [0.5, 0.6) is 0 Å². The number of amides is 1. The van der Waals surface area contributed by atoms with Gasteiger partial charge in [0.1, 0.15) is 5.54 Å². The van der Waals surface area contributed by atoms with Crippen LogP contribution < -0.4 is 10.2 Å². The zero-order valence-electron chi connectivity index (χ0n) is 15.1. The molecule has 6 heteroatoms. The van der Waals surface area contributed by atoms with Crippen molar-refractivity contribution < 1.29 is 9.69 Å². The lowest BCUT2D eigenvalue weighted by atomic mass is 9.96. The minimum atomic E-state index is -0.685. The van der Waals surface area contributed by atoms with Gasteiger partial charge in [-0.15, -0.1) is 11.3 Å². The number of hydrogen-bond acceptors (Lipinski definition) is 4. The first-order chi connectivity index (χ1) is 12.6. The number of hydrogen-bond donors (Lipinski definition) is 2. The number of nitrogens with zero attached hydrogens (tertiary/aromatic N) is 2. The molecule has 1 aromatic carbocycles. The number of fused-ring (bicyclic) bond motifs is 1. The molecule has 0 unspecified atom stereocenters. The number of nitrogens with one attached hydrogen (secondary N) is 2. The molecule has 1 saturated heterocycles. The summed E-state index contributed by atoms with van der Waals surface area (Å²) in [5, 5.41) is 13.6. The van der Waals surface area contributed by atoms with E-state index in [0.29, 0.717) is 18.4 Å². The zero-order valence-corrected chi connectivity index (χ0v) is 15.9. The van der Waals surface area contributed by atoms with Crippen molar-refractivity contribution in [1.82, 2.24) is 10.3 Å². The molecule has 0 spiro atoms. The molecule has 2 N–H and O–H groups in total. The SMILES string of the molecule is C[C@@](C#N)(NC(=O)C[NH+]1CCC(c2nc3ccccc3s2)CC1)C1CC1. The number of para-hydroxylation sites is 1. The van der Waals surface area contributed by atoms with Gasteiger partial charge in [0.15, 0.2) is 6.54 Å². The topological polar surface area (TPSA) is 70.2 Å². The molecule has 1 atom stereocenters. The predicted octanol–water partition coefficient (Wildman–Crippen LogP) is 1.87. The summed E-state index contributed by atoms with van der Waals surface area (Å²) in [6.07, 6.45) is 4.23. The fraction of sp³-hybridized carbons (Fsp3) is 0.550. The number of carbonyl (C=O) groups is 1. The average Bonchev–Trinajstić information content (AvgIpc) is 3.42. The van der Waals surface area contributed by atoms with Crippen LogP contribution in [0.25, 0.3) is 10.2 Å². The number of rotatable bonds is 5. The maximum absolute atomic E-state index is 12.4. The molecule has 1 aromatic heterocycles. The second kappa shape index (κ2) is 6.98. The molecule has 2 aromatic rings. The maximum Gasteiger partial charge on any atom is 0.276 e. The molecule has 1 saturated carbocycles. The van der Waals surface area contributed by atoms with E-state index in [1.54, 1.807) is 11.3 Å². The highest BCUT2D eigenvalue weighted by Gasteiger charge is 2.43. The Labute approximate surface area is 158 Å². The molecular formula is C20H25N4OS+. The molecule has 1 aliphatic heterocycles. The highest BCUT2D eigenvalue weighted by molar-refractivity contribution is 7.18. The Morgan fingerprint density at radius 1 is 1.35 bits per heavy atom. The number of likely N-dealkylation sites (tertiary alicyclic amines) is 1. The van der Waals surface area contributed by atoms with E-state index in [9.17, 15) is 10.1 Å². The van der Waals surface area contributed by atoms with Gasteiger partial charge in [-0.05, 0) is 37.8 Å². The van der Waals surface area contributed by atoms with E-state index in [0.717, 1.165) is 44.3 Å². The largest absolute Gasteiger partial charge is 0.333 e. The van der Waals surface area contributed by atoms with Crippen LogP contribution in [0.4, 0.5) is 0 Å². The van der Waals surface area contributed by atoms with Gasteiger partial charge in [0, 0.05) is 18.8 Å². The maximum atomic E-state index is 12.4. The minimum absolute atomic E-state index is 0.00869. The summed E-state index contributed by atoms with van der Waals surface area (Å²) in [5.74, 6) is 0.848. The second-order valence-corrected chi connectivity index (χ2v) is 8.92. The number of benzene rings is 1. The Hall–Kier alpha value is -1.97. The molecular weight excluding hydrogens is 344 g/mol. The molecule has 4 rings (SSSR count). The van der Waals surface area contributed by atoms with Gasteiger partial charge in [0.05, 0.1) is 34.4 Å². The summed E-state index contributed by atoms with van der Waals surface area (Å²) in [7, 11) is 0. The minimum Gasteiger partial charge on any atom is -0.333 e. The van der Waals surface area contributed by atoms with E-state index in [4.69, 9.17) is 4.98 Å². The molecule has 1 aliphatic carbocycles. The Morgan fingerprint density at radius 3 is 2.73 bits per heavy atom. The Balaban J connectivity index is 1.31. The standard InChI is InChI=1S/C20H24N4OS/c1-20(13-21,15-6-7-15)23-18(25)12-24-10-8-14(9-11-24)19-22-16-4-2-3-5-17(16)26-19/h2-5,14-15H,6-12H2,1H3,(H,23,25)/p+1/t20-/m0/s1. The lowest BCUT2D eigenvalue weighted by Gasteiger charge is -2.29. The van der Waals surface area contributed by atoms with Crippen LogP contribution >= 0.6 is 11.3 Å².